The summed E-state index contributed by atoms with van der Waals surface area (Å²) in [6, 6.07) is 5.81. The lowest BCUT2D eigenvalue weighted by molar-refractivity contribution is 0.395. The van der Waals surface area contributed by atoms with Crippen molar-refractivity contribution in [3.63, 3.8) is 0 Å². The van der Waals surface area contributed by atoms with Gasteiger partial charge in [0.1, 0.15) is 11.5 Å². The normalized spacial score (nSPS) is 12.3. The first-order valence-corrected chi connectivity index (χ1v) is 5.58. The van der Waals surface area contributed by atoms with Gasteiger partial charge in [-0.15, -0.1) is 11.6 Å². The Hall–Kier alpha value is -0.890. The minimum Gasteiger partial charge on any atom is -0.497 e. The van der Waals surface area contributed by atoms with E-state index in [9.17, 15) is 0 Å². The first kappa shape index (κ1) is 12.2. The highest BCUT2D eigenvalue weighted by Gasteiger charge is 2.14. The second-order valence-electron chi connectivity index (χ2n) is 3.37. The Kier molecular flexibility index (Phi) is 4.76. The van der Waals surface area contributed by atoms with Gasteiger partial charge in [-0.25, -0.2) is 0 Å². The van der Waals surface area contributed by atoms with E-state index < -0.39 is 0 Å². The van der Waals surface area contributed by atoms with Crippen LogP contribution in [0.15, 0.2) is 18.2 Å². The molecule has 0 spiro atoms. The monoisotopic (exact) mass is 228 g/mol. The van der Waals surface area contributed by atoms with E-state index >= 15 is 0 Å². The molecule has 0 aliphatic rings. The van der Waals surface area contributed by atoms with Crippen LogP contribution in [-0.4, -0.2) is 20.1 Å². The van der Waals surface area contributed by atoms with Gasteiger partial charge in [0.15, 0.2) is 0 Å². The summed E-state index contributed by atoms with van der Waals surface area (Å²) >= 11 is 5.93. The number of hydrogen-bond acceptors (Lipinski definition) is 2. The molecule has 0 heterocycles. The first-order valence-electron chi connectivity index (χ1n) is 5.04. The van der Waals surface area contributed by atoms with E-state index in [1.165, 1.54) is 0 Å². The quantitative estimate of drug-likeness (QED) is 0.719. The maximum Gasteiger partial charge on any atom is 0.122 e. The predicted octanol–water partition coefficient (Wildman–Crippen LogP) is 3.44. The van der Waals surface area contributed by atoms with Crippen molar-refractivity contribution in [2.45, 2.75) is 19.3 Å². The molecule has 15 heavy (non-hydrogen) atoms. The summed E-state index contributed by atoms with van der Waals surface area (Å²) in [4.78, 5) is 0. The third-order valence-corrected chi connectivity index (χ3v) is 2.93. The maximum atomic E-state index is 5.93. The van der Waals surface area contributed by atoms with E-state index in [0.717, 1.165) is 23.5 Å². The Labute approximate surface area is 96.2 Å². The van der Waals surface area contributed by atoms with Gasteiger partial charge in [-0.1, -0.05) is 6.92 Å². The van der Waals surface area contributed by atoms with Gasteiger partial charge < -0.3 is 9.47 Å². The summed E-state index contributed by atoms with van der Waals surface area (Å²) in [5.74, 6) is 2.63. The lowest BCUT2D eigenvalue weighted by Gasteiger charge is -2.16. The zero-order chi connectivity index (χ0) is 11.3. The minimum absolute atomic E-state index is 0.316. The zero-order valence-electron chi connectivity index (χ0n) is 9.42. The topological polar surface area (TPSA) is 18.5 Å². The van der Waals surface area contributed by atoms with Gasteiger partial charge in [0, 0.05) is 17.4 Å². The molecule has 0 fully saturated rings. The molecule has 0 amide bonds. The summed E-state index contributed by atoms with van der Waals surface area (Å²) in [5, 5.41) is 0. The first-order chi connectivity index (χ1) is 7.26. The molecule has 1 rings (SSSR count). The van der Waals surface area contributed by atoms with E-state index in [1.807, 2.05) is 18.2 Å². The van der Waals surface area contributed by atoms with E-state index in [4.69, 9.17) is 21.1 Å². The average Bonchev–Trinajstić information content (AvgIpc) is 2.30. The number of ether oxygens (including phenoxy) is 2. The zero-order valence-corrected chi connectivity index (χ0v) is 10.2. The molecule has 0 aliphatic carbocycles. The molecule has 0 N–H and O–H groups in total. The van der Waals surface area contributed by atoms with Crippen LogP contribution in [0.2, 0.25) is 0 Å². The lowest BCUT2D eigenvalue weighted by atomic mass is 9.97. The molecule has 3 heteroatoms. The fraction of sp³-hybridized carbons (Fsp3) is 0.500. The van der Waals surface area contributed by atoms with Crippen molar-refractivity contribution in [3.8, 4) is 11.5 Å². The molecule has 2 nitrogen and oxygen atoms in total. The van der Waals surface area contributed by atoms with E-state index in [1.54, 1.807) is 14.2 Å². The van der Waals surface area contributed by atoms with Crippen LogP contribution in [0.3, 0.4) is 0 Å². The van der Waals surface area contributed by atoms with Crippen LogP contribution in [0.4, 0.5) is 0 Å². The standard InChI is InChI=1S/C12H17ClO2/c1-4-9(8-13)11-7-10(14-2)5-6-12(11)15-3/h5-7,9H,4,8H2,1-3H3. The highest BCUT2D eigenvalue weighted by molar-refractivity contribution is 6.18. The van der Waals surface area contributed by atoms with Gasteiger partial charge in [0.2, 0.25) is 0 Å². The summed E-state index contributed by atoms with van der Waals surface area (Å²) in [6.07, 6.45) is 0.993. The Morgan fingerprint density at radius 2 is 2.00 bits per heavy atom. The molecule has 0 aromatic heterocycles. The molecule has 0 saturated carbocycles. The van der Waals surface area contributed by atoms with E-state index in [2.05, 4.69) is 6.92 Å². The number of halogens is 1. The minimum atomic E-state index is 0.316. The molecule has 1 aromatic rings. The molecule has 0 aliphatic heterocycles. The molecule has 1 aromatic carbocycles. The summed E-state index contributed by atoms with van der Waals surface area (Å²) in [7, 11) is 3.33. The number of rotatable bonds is 5. The maximum absolute atomic E-state index is 5.93. The fourth-order valence-electron chi connectivity index (χ4n) is 1.57. The Balaban J connectivity index is 3.09. The lowest BCUT2D eigenvalue weighted by Crippen LogP contribution is -2.02. The van der Waals surface area contributed by atoms with Crippen molar-refractivity contribution < 1.29 is 9.47 Å². The molecule has 0 bridgehead atoms. The van der Waals surface area contributed by atoms with Gasteiger partial charge in [-0.05, 0) is 24.6 Å². The highest BCUT2D eigenvalue weighted by atomic mass is 35.5. The third-order valence-electron chi connectivity index (χ3n) is 2.56. The van der Waals surface area contributed by atoms with Gasteiger partial charge >= 0.3 is 0 Å². The van der Waals surface area contributed by atoms with Gasteiger partial charge in [-0.2, -0.15) is 0 Å². The highest BCUT2D eigenvalue weighted by Crippen LogP contribution is 2.32. The second-order valence-corrected chi connectivity index (χ2v) is 3.68. The van der Waals surface area contributed by atoms with Crippen LogP contribution in [0.25, 0.3) is 0 Å². The average molecular weight is 229 g/mol. The van der Waals surface area contributed by atoms with Crippen LogP contribution in [0.1, 0.15) is 24.8 Å². The Morgan fingerprint density at radius 1 is 1.27 bits per heavy atom. The van der Waals surface area contributed by atoms with Crippen LogP contribution >= 0.6 is 11.6 Å². The Bertz CT molecular complexity index is 308. The van der Waals surface area contributed by atoms with Gasteiger partial charge in [0.25, 0.3) is 0 Å². The number of benzene rings is 1. The van der Waals surface area contributed by atoms with Crippen LogP contribution in [0.5, 0.6) is 11.5 Å². The van der Waals surface area contributed by atoms with Gasteiger partial charge in [0.05, 0.1) is 14.2 Å². The van der Waals surface area contributed by atoms with Crippen molar-refractivity contribution in [2.75, 3.05) is 20.1 Å². The molecule has 84 valence electrons. The SMILES string of the molecule is CCC(CCl)c1cc(OC)ccc1OC. The molecular weight excluding hydrogens is 212 g/mol. The predicted molar refractivity (Wildman–Crippen MR) is 63.3 cm³/mol. The molecule has 1 unspecified atom stereocenters. The molecule has 0 saturated heterocycles. The molecular formula is C12H17ClO2. The molecule has 1 atom stereocenters. The summed E-state index contributed by atoms with van der Waals surface area (Å²) < 4.78 is 10.5. The number of methoxy groups -OCH3 is 2. The van der Waals surface area contributed by atoms with E-state index in [-0.39, 0.29) is 0 Å². The van der Waals surface area contributed by atoms with Crippen LogP contribution < -0.4 is 9.47 Å². The van der Waals surface area contributed by atoms with Crippen LogP contribution in [0, 0.1) is 0 Å². The van der Waals surface area contributed by atoms with Crippen molar-refractivity contribution in [3.05, 3.63) is 23.8 Å². The van der Waals surface area contributed by atoms with Crippen LogP contribution in [-0.2, 0) is 0 Å². The fourth-order valence-corrected chi connectivity index (χ4v) is 1.96. The van der Waals surface area contributed by atoms with E-state index in [0.29, 0.717) is 11.8 Å². The van der Waals surface area contributed by atoms with Crippen molar-refractivity contribution >= 4 is 11.6 Å². The molecule has 0 radical (unpaired) electrons. The third kappa shape index (κ3) is 2.78. The smallest absolute Gasteiger partial charge is 0.122 e. The number of hydrogen-bond donors (Lipinski definition) is 0. The summed E-state index contributed by atoms with van der Waals surface area (Å²) in [6.45, 7) is 2.12. The van der Waals surface area contributed by atoms with Crippen molar-refractivity contribution in [1.82, 2.24) is 0 Å². The summed E-state index contributed by atoms with van der Waals surface area (Å²) in [5.41, 5.74) is 1.12. The van der Waals surface area contributed by atoms with Crippen molar-refractivity contribution in [1.29, 1.82) is 0 Å². The van der Waals surface area contributed by atoms with Gasteiger partial charge in [-0.3, -0.25) is 0 Å². The number of alkyl halides is 1. The second kappa shape index (κ2) is 5.86. The Morgan fingerprint density at radius 3 is 2.47 bits per heavy atom. The largest absolute Gasteiger partial charge is 0.497 e. The van der Waals surface area contributed by atoms with Crippen molar-refractivity contribution in [2.24, 2.45) is 0 Å².